The molecule has 0 spiro atoms. The van der Waals surface area contributed by atoms with Gasteiger partial charge in [-0.15, -0.1) is 0 Å². The number of para-hydroxylation sites is 1. The van der Waals surface area contributed by atoms with Crippen molar-refractivity contribution in [2.24, 2.45) is 5.73 Å². The van der Waals surface area contributed by atoms with Crippen LogP contribution in [0.25, 0.3) is 10.9 Å². The Labute approximate surface area is 169 Å². The lowest BCUT2D eigenvalue weighted by Gasteiger charge is -2.27. The maximum Gasteiger partial charge on any atom is 0.340 e. The summed E-state index contributed by atoms with van der Waals surface area (Å²) in [4.78, 5) is 30.6. The van der Waals surface area contributed by atoms with E-state index < -0.39 is 18.0 Å². The Morgan fingerprint density at radius 1 is 1.14 bits per heavy atom. The van der Waals surface area contributed by atoms with Gasteiger partial charge in [-0.25, -0.2) is 4.79 Å². The van der Waals surface area contributed by atoms with Gasteiger partial charge in [0.25, 0.3) is 5.91 Å². The van der Waals surface area contributed by atoms with Gasteiger partial charge in [0.2, 0.25) is 0 Å². The molecule has 0 bridgehead atoms. The SMILES string of the molecule is C[C@H](OC(=O)c1c2c(nc3ccccc13)CC[NH+](Cc1ccccc1)C2)C(N)=O. The van der Waals surface area contributed by atoms with Gasteiger partial charge in [-0.1, -0.05) is 48.5 Å². The number of aromatic nitrogens is 1. The summed E-state index contributed by atoms with van der Waals surface area (Å²) in [6.07, 6.45) is -0.199. The van der Waals surface area contributed by atoms with Gasteiger partial charge in [0.05, 0.1) is 23.3 Å². The number of nitrogens with two attached hydrogens (primary N) is 1. The van der Waals surface area contributed by atoms with Gasteiger partial charge in [0.15, 0.2) is 6.10 Å². The predicted molar refractivity (Wildman–Crippen MR) is 109 cm³/mol. The van der Waals surface area contributed by atoms with E-state index in [1.54, 1.807) is 0 Å². The number of quaternary nitrogens is 1. The van der Waals surface area contributed by atoms with Gasteiger partial charge >= 0.3 is 5.97 Å². The van der Waals surface area contributed by atoms with Crippen molar-refractivity contribution in [3.63, 3.8) is 0 Å². The lowest BCUT2D eigenvalue weighted by molar-refractivity contribution is -0.929. The molecule has 2 atom stereocenters. The molecule has 6 heteroatoms. The molecule has 1 aromatic heterocycles. The van der Waals surface area contributed by atoms with Crippen LogP contribution < -0.4 is 10.6 Å². The number of fused-ring (bicyclic) bond motifs is 2. The third kappa shape index (κ3) is 3.98. The van der Waals surface area contributed by atoms with Crippen LogP contribution in [0.2, 0.25) is 0 Å². The lowest BCUT2D eigenvalue weighted by Crippen LogP contribution is -3.10. The fraction of sp³-hybridized carbons (Fsp3) is 0.261. The number of hydrogen-bond donors (Lipinski definition) is 2. The Morgan fingerprint density at radius 3 is 2.62 bits per heavy atom. The van der Waals surface area contributed by atoms with Crippen molar-refractivity contribution < 1.29 is 19.2 Å². The first-order chi connectivity index (χ1) is 14.0. The second-order valence-corrected chi connectivity index (χ2v) is 7.47. The number of rotatable bonds is 5. The van der Waals surface area contributed by atoms with Gasteiger partial charge < -0.3 is 15.4 Å². The molecule has 0 fully saturated rings. The molecule has 148 valence electrons. The van der Waals surface area contributed by atoms with Gasteiger partial charge in [0, 0.05) is 22.9 Å². The zero-order chi connectivity index (χ0) is 20.4. The summed E-state index contributed by atoms with van der Waals surface area (Å²) in [6.45, 7) is 3.99. The Kier molecular flexibility index (Phi) is 5.27. The minimum absolute atomic E-state index is 0.504. The van der Waals surface area contributed by atoms with Gasteiger partial charge in [0.1, 0.15) is 13.1 Å². The topological polar surface area (TPSA) is 86.7 Å². The van der Waals surface area contributed by atoms with Gasteiger partial charge in [-0.2, -0.15) is 0 Å². The van der Waals surface area contributed by atoms with Crippen LogP contribution in [0.15, 0.2) is 54.6 Å². The highest BCUT2D eigenvalue weighted by Gasteiger charge is 2.30. The predicted octanol–water partition coefficient (Wildman–Crippen LogP) is 1.41. The summed E-state index contributed by atoms with van der Waals surface area (Å²) in [7, 11) is 0. The molecule has 1 aliphatic heterocycles. The number of nitrogens with one attached hydrogen (secondary N) is 1. The number of primary amides is 1. The Balaban J connectivity index is 1.72. The summed E-state index contributed by atoms with van der Waals surface area (Å²) in [6, 6.07) is 17.9. The van der Waals surface area contributed by atoms with Crippen molar-refractivity contribution in [1.82, 2.24) is 4.98 Å². The Hall–Kier alpha value is -3.25. The summed E-state index contributed by atoms with van der Waals surface area (Å²) in [5.74, 6) is -1.19. The number of amides is 1. The highest BCUT2D eigenvalue weighted by atomic mass is 16.5. The fourth-order valence-electron chi connectivity index (χ4n) is 3.88. The van der Waals surface area contributed by atoms with E-state index in [2.05, 4.69) is 12.1 Å². The van der Waals surface area contributed by atoms with Crippen LogP contribution in [0.5, 0.6) is 0 Å². The first-order valence-corrected chi connectivity index (χ1v) is 9.81. The molecule has 1 amide bonds. The Bertz CT molecular complexity index is 1070. The van der Waals surface area contributed by atoms with E-state index in [0.29, 0.717) is 12.1 Å². The number of ether oxygens (including phenoxy) is 1. The van der Waals surface area contributed by atoms with E-state index in [1.807, 2.05) is 42.5 Å². The second-order valence-electron chi connectivity index (χ2n) is 7.47. The third-order valence-corrected chi connectivity index (χ3v) is 5.41. The maximum absolute atomic E-state index is 13.0. The smallest absolute Gasteiger partial charge is 0.340 e. The van der Waals surface area contributed by atoms with Crippen LogP contribution in [0.1, 0.15) is 34.1 Å². The minimum Gasteiger partial charge on any atom is -0.449 e. The van der Waals surface area contributed by atoms with Gasteiger partial charge in [-0.3, -0.25) is 9.78 Å². The molecular formula is C23H24N3O3+. The van der Waals surface area contributed by atoms with E-state index in [-0.39, 0.29) is 0 Å². The molecule has 0 aliphatic carbocycles. The molecule has 2 aromatic carbocycles. The van der Waals surface area contributed by atoms with Crippen LogP contribution in [0.4, 0.5) is 0 Å². The zero-order valence-electron chi connectivity index (χ0n) is 16.4. The number of hydrogen-bond acceptors (Lipinski definition) is 4. The van der Waals surface area contributed by atoms with Crippen LogP contribution in [0.3, 0.4) is 0 Å². The zero-order valence-corrected chi connectivity index (χ0v) is 16.4. The van der Waals surface area contributed by atoms with Crippen molar-refractivity contribution in [2.75, 3.05) is 6.54 Å². The lowest BCUT2D eigenvalue weighted by atomic mass is 9.95. The van der Waals surface area contributed by atoms with E-state index in [4.69, 9.17) is 15.5 Å². The number of carbonyl (C=O) groups is 2. The summed E-state index contributed by atoms with van der Waals surface area (Å²) in [5, 5.41) is 0.744. The number of pyridine rings is 1. The molecule has 0 saturated heterocycles. The van der Waals surface area contributed by atoms with E-state index in [9.17, 15) is 9.59 Å². The first-order valence-electron chi connectivity index (χ1n) is 9.81. The van der Waals surface area contributed by atoms with Crippen LogP contribution in [-0.2, 0) is 29.0 Å². The highest BCUT2D eigenvalue weighted by molar-refractivity contribution is 6.05. The van der Waals surface area contributed by atoms with Crippen LogP contribution >= 0.6 is 0 Å². The standard InChI is InChI=1S/C23H23N3O3/c1-15(22(24)27)29-23(28)21-17-9-5-6-10-19(17)25-20-11-12-26(14-18(20)21)13-16-7-3-2-4-8-16/h2-10,15H,11-14H2,1H3,(H2,24,27)/p+1/t15-/m0/s1. The van der Waals surface area contributed by atoms with Crippen molar-refractivity contribution in [1.29, 1.82) is 0 Å². The average Bonchev–Trinajstić information content (AvgIpc) is 2.72. The number of esters is 1. The van der Waals surface area contributed by atoms with E-state index >= 15 is 0 Å². The largest absolute Gasteiger partial charge is 0.449 e. The molecule has 3 N–H and O–H groups in total. The van der Waals surface area contributed by atoms with Crippen molar-refractivity contribution in [3.05, 3.63) is 77.0 Å². The maximum atomic E-state index is 13.0. The summed E-state index contributed by atoms with van der Waals surface area (Å²) >= 11 is 0. The van der Waals surface area contributed by atoms with Crippen molar-refractivity contribution in [3.8, 4) is 0 Å². The molecule has 1 aliphatic rings. The van der Waals surface area contributed by atoms with Gasteiger partial charge in [-0.05, 0) is 13.0 Å². The summed E-state index contributed by atoms with van der Waals surface area (Å²) < 4.78 is 5.38. The number of nitrogens with zero attached hydrogens (tertiary/aromatic N) is 1. The van der Waals surface area contributed by atoms with Crippen molar-refractivity contribution in [2.45, 2.75) is 32.5 Å². The quantitative estimate of drug-likeness (QED) is 0.645. The molecule has 0 radical (unpaired) electrons. The number of benzene rings is 2. The monoisotopic (exact) mass is 390 g/mol. The first kappa shape index (κ1) is 19.1. The molecule has 4 rings (SSSR count). The molecule has 3 aromatic rings. The molecule has 0 saturated carbocycles. The minimum atomic E-state index is -0.985. The van der Waals surface area contributed by atoms with Crippen LogP contribution in [-0.4, -0.2) is 29.5 Å². The summed E-state index contributed by atoms with van der Waals surface area (Å²) in [5.41, 5.74) is 9.64. The number of carbonyl (C=O) groups excluding carboxylic acids is 2. The fourth-order valence-corrected chi connectivity index (χ4v) is 3.88. The second kappa shape index (κ2) is 8.01. The molecule has 2 heterocycles. The van der Waals surface area contributed by atoms with E-state index in [1.165, 1.54) is 17.4 Å². The highest BCUT2D eigenvalue weighted by Crippen LogP contribution is 2.26. The third-order valence-electron chi connectivity index (χ3n) is 5.41. The molecule has 29 heavy (non-hydrogen) atoms. The molecule has 1 unspecified atom stereocenters. The van der Waals surface area contributed by atoms with Crippen LogP contribution in [0, 0.1) is 0 Å². The molecular weight excluding hydrogens is 366 g/mol. The Morgan fingerprint density at radius 2 is 1.86 bits per heavy atom. The average molecular weight is 390 g/mol. The van der Waals surface area contributed by atoms with E-state index in [0.717, 1.165) is 41.7 Å². The molecule has 6 nitrogen and oxygen atoms in total. The van der Waals surface area contributed by atoms with Crippen molar-refractivity contribution >= 4 is 22.8 Å². The normalized spacial score (nSPS) is 16.8.